The van der Waals surface area contributed by atoms with Crippen LogP contribution in [0.25, 0.3) is 0 Å². The minimum atomic E-state index is -0.927. The van der Waals surface area contributed by atoms with E-state index < -0.39 is 5.97 Å². The predicted octanol–water partition coefficient (Wildman–Crippen LogP) is 2.18. The number of unbranched alkanes of at least 4 members (excludes halogenated alkanes) is 2. The SMILES string of the molecule is CC.CCCCCNC(=O)CCC(=O)O. The van der Waals surface area contributed by atoms with E-state index in [0.29, 0.717) is 6.54 Å². The van der Waals surface area contributed by atoms with Crippen molar-refractivity contribution in [1.29, 1.82) is 0 Å². The van der Waals surface area contributed by atoms with Crippen molar-refractivity contribution >= 4 is 11.9 Å². The van der Waals surface area contributed by atoms with Crippen LogP contribution < -0.4 is 5.32 Å². The monoisotopic (exact) mass is 217 g/mol. The average molecular weight is 217 g/mol. The largest absolute Gasteiger partial charge is 0.481 e. The van der Waals surface area contributed by atoms with E-state index in [9.17, 15) is 9.59 Å². The topological polar surface area (TPSA) is 66.4 Å². The van der Waals surface area contributed by atoms with E-state index in [2.05, 4.69) is 12.2 Å². The zero-order chi connectivity index (χ0) is 12.1. The molecule has 4 heteroatoms. The molecule has 0 spiro atoms. The lowest BCUT2D eigenvalue weighted by atomic mass is 10.2. The fourth-order valence-corrected chi connectivity index (χ4v) is 0.912. The van der Waals surface area contributed by atoms with Gasteiger partial charge in [-0.15, -0.1) is 0 Å². The molecule has 0 aliphatic heterocycles. The van der Waals surface area contributed by atoms with Crippen LogP contribution in [0.2, 0.25) is 0 Å². The number of carbonyl (C=O) groups excluding carboxylic acids is 1. The van der Waals surface area contributed by atoms with Crippen molar-refractivity contribution in [2.45, 2.75) is 52.9 Å². The lowest BCUT2D eigenvalue weighted by molar-refractivity contribution is -0.138. The summed E-state index contributed by atoms with van der Waals surface area (Å²) < 4.78 is 0. The fourth-order valence-electron chi connectivity index (χ4n) is 0.912. The molecular weight excluding hydrogens is 194 g/mol. The molecule has 0 radical (unpaired) electrons. The quantitative estimate of drug-likeness (QED) is 0.642. The highest BCUT2D eigenvalue weighted by atomic mass is 16.4. The van der Waals surface area contributed by atoms with Crippen molar-refractivity contribution in [1.82, 2.24) is 5.32 Å². The van der Waals surface area contributed by atoms with Gasteiger partial charge in [0.2, 0.25) is 5.91 Å². The molecule has 0 aromatic carbocycles. The van der Waals surface area contributed by atoms with Crippen LogP contribution in [0.3, 0.4) is 0 Å². The van der Waals surface area contributed by atoms with Crippen LogP contribution in [0.15, 0.2) is 0 Å². The molecule has 0 saturated heterocycles. The maximum atomic E-state index is 10.9. The molecule has 0 aliphatic carbocycles. The van der Waals surface area contributed by atoms with Gasteiger partial charge in [-0.05, 0) is 6.42 Å². The molecular formula is C11H23NO3. The number of nitrogens with one attached hydrogen (secondary N) is 1. The second-order valence-corrected chi connectivity index (χ2v) is 2.95. The van der Waals surface area contributed by atoms with Crippen molar-refractivity contribution in [2.75, 3.05) is 6.54 Å². The third kappa shape index (κ3) is 15.7. The number of hydrogen-bond donors (Lipinski definition) is 2. The first-order valence-electron chi connectivity index (χ1n) is 5.65. The van der Waals surface area contributed by atoms with Crippen molar-refractivity contribution in [2.24, 2.45) is 0 Å². The molecule has 2 N–H and O–H groups in total. The second kappa shape index (κ2) is 12.9. The lowest BCUT2D eigenvalue weighted by Gasteiger charge is -2.02. The molecule has 0 atom stereocenters. The fraction of sp³-hybridized carbons (Fsp3) is 0.818. The Kier molecular flexibility index (Phi) is 14.1. The Hall–Kier alpha value is -1.06. The van der Waals surface area contributed by atoms with Crippen molar-refractivity contribution < 1.29 is 14.7 Å². The summed E-state index contributed by atoms with van der Waals surface area (Å²) in [6.07, 6.45) is 3.18. The molecule has 0 bridgehead atoms. The maximum Gasteiger partial charge on any atom is 0.303 e. The van der Waals surface area contributed by atoms with E-state index in [-0.39, 0.29) is 18.7 Å². The summed E-state index contributed by atoms with van der Waals surface area (Å²) in [5.74, 6) is -1.10. The summed E-state index contributed by atoms with van der Waals surface area (Å²) in [6.45, 7) is 6.75. The first-order chi connectivity index (χ1) is 7.16. The third-order valence-electron chi connectivity index (χ3n) is 1.67. The number of amides is 1. The van der Waals surface area contributed by atoms with E-state index in [1.54, 1.807) is 0 Å². The minimum Gasteiger partial charge on any atom is -0.481 e. The van der Waals surface area contributed by atoms with Crippen LogP contribution in [0.5, 0.6) is 0 Å². The smallest absolute Gasteiger partial charge is 0.303 e. The summed E-state index contributed by atoms with van der Waals surface area (Å²) >= 11 is 0. The zero-order valence-electron chi connectivity index (χ0n) is 10.0. The van der Waals surface area contributed by atoms with Crippen LogP contribution in [0, 0.1) is 0 Å². The third-order valence-corrected chi connectivity index (χ3v) is 1.67. The van der Waals surface area contributed by atoms with Crippen LogP contribution in [0.4, 0.5) is 0 Å². The van der Waals surface area contributed by atoms with Gasteiger partial charge in [0.05, 0.1) is 6.42 Å². The molecule has 0 rings (SSSR count). The van der Waals surface area contributed by atoms with Gasteiger partial charge < -0.3 is 10.4 Å². The van der Waals surface area contributed by atoms with E-state index in [1.165, 1.54) is 0 Å². The van der Waals surface area contributed by atoms with Gasteiger partial charge in [0, 0.05) is 13.0 Å². The van der Waals surface area contributed by atoms with E-state index in [0.717, 1.165) is 19.3 Å². The van der Waals surface area contributed by atoms with Crippen LogP contribution in [-0.2, 0) is 9.59 Å². The number of carboxylic acids is 1. The van der Waals surface area contributed by atoms with Gasteiger partial charge in [0.25, 0.3) is 0 Å². The summed E-state index contributed by atoms with van der Waals surface area (Å²) in [5.41, 5.74) is 0. The first-order valence-corrected chi connectivity index (χ1v) is 5.65. The van der Waals surface area contributed by atoms with E-state index >= 15 is 0 Å². The van der Waals surface area contributed by atoms with Crippen LogP contribution in [0.1, 0.15) is 52.9 Å². The number of carboxylic acid groups (broad SMARTS) is 1. The Morgan fingerprint density at radius 1 is 1.13 bits per heavy atom. The molecule has 1 amide bonds. The van der Waals surface area contributed by atoms with Gasteiger partial charge in [-0.25, -0.2) is 0 Å². The number of carbonyl (C=O) groups is 2. The maximum absolute atomic E-state index is 10.9. The number of aliphatic carboxylic acids is 1. The Morgan fingerprint density at radius 2 is 1.73 bits per heavy atom. The average Bonchev–Trinajstić information content (AvgIpc) is 2.24. The Bertz CT molecular complexity index is 169. The summed E-state index contributed by atoms with van der Waals surface area (Å²) in [7, 11) is 0. The predicted molar refractivity (Wildman–Crippen MR) is 60.8 cm³/mol. The highest BCUT2D eigenvalue weighted by molar-refractivity contribution is 5.80. The molecule has 0 aliphatic rings. The zero-order valence-corrected chi connectivity index (χ0v) is 10.0. The molecule has 0 heterocycles. The summed E-state index contributed by atoms with van der Waals surface area (Å²) in [6, 6.07) is 0. The molecule has 0 aromatic rings. The summed E-state index contributed by atoms with van der Waals surface area (Å²) in [4.78, 5) is 21.0. The standard InChI is InChI=1S/C9H17NO3.C2H6/c1-2-3-4-7-10-8(11)5-6-9(12)13;1-2/h2-7H2,1H3,(H,10,11)(H,12,13);1-2H3. The van der Waals surface area contributed by atoms with E-state index in [1.807, 2.05) is 13.8 Å². The molecule has 15 heavy (non-hydrogen) atoms. The molecule has 90 valence electrons. The van der Waals surface area contributed by atoms with Crippen LogP contribution in [-0.4, -0.2) is 23.5 Å². The van der Waals surface area contributed by atoms with Gasteiger partial charge in [0.1, 0.15) is 0 Å². The molecule has 4 nitrogen and oxygen atoms in total. The van der Waals surface area contributed by atoms with Gasteiger partial charge in [-0.2, -0.15) is 0 Å². The van der Waals surface area contributed by atoms with Crippen molar-refractivity contribution in [3.05, 3.63) is 0 Å². The van der Waals surface area contributed by atoms with Crippen molar-refractivity contribution in [3.8, 4) is 0 Å². The first kappa shape index (κ1) is 16.4. The highest BCUT2D eigenvalue weighted by Gasteiger charge is 2.03. The number of rotatable bonds is 7. The molecule has 0 unspecified atom stereocenters. The van der Waals surface area contributed by atoms with Crippen molar-refractivity contribution in [3.63, 3.8) is 0 Å². The van der Waals surface area contributed by atoms with Crippen LogP contribution >= 0.6 is 0 Å². The van der Waals surface area contributed by atoms with Gasteiger partial charge in [-0.3, -0.25) is 9.59 Å². The summed E-state index contributed by atoms with van der Waals surface area (Å²) in [5, 5.41) is 11.0. The second-order valence-electron chi connectivity index (χ2n) is 2.95. The molecule has 0 fully saturated rings. The van der Waals surface area contributed by atoms with Gasteiger partial charge >= 0.3 is 5.97 Å². The lowest BCUT2D eigenvalue weighted by Crippen LogP contribution is -2.24. The van der Waals surface area contributed by atoms with E-state index in [4.69, 9.17) is 5.11 Å². The molecule has 0 saturated carbocycles. The van der Waals surface area contributed by atoms with Gasteiger partial charge in [0.15, 0.2) is 0 Å². The van der Waals surface area contributed by atoms with Gasteiger partial charge in [-0.1, -0.05) is 33.6 Å². The Morgan fingerprint density at radius 3 is 2.20 bits per heavy atom. The normalized spacial score (nSPS) is 8.73. The minimum absolute atomic E-state index is 0.0837. The Labute approximate surface area is 92.1 Å². The number of hydrogen-bond acceptors (Lipinski definition) is 2. The Balaban J connectivity index is 0. The highest BCUT2D eigenvalue weighted by Crippen LogP contribution is 1.92. The molecule has 0 aromatic heterocycles.